The first-order valence-electron chi connectivity index (χ1n) is 6.38. The van der Waals surface area contributed by atoms with Crippen LogP contribution >= 0.6 is 0 Å². The molecule has 0 amide bonds. The second-order valence-corrected chi connectivity index (χ2v) is 4.16. The average Bonchev–Trinajstić information content (AvgIpc) is 2.45. The van der Waals surface area contributed by atoms with Crippen LogP contribution in [0.5, 0.6) is 5.75 Å². The zero-order valence-electron chi connectivity index (χ0n) is 10.5. The van der Waals surface area contributed by atoms with Crippen LogP contribution in [0.25, 0.3) is 0 Å². The van der Waals surface area contributed by atoms with Gasteiger partial charge in [0.2, 0.25) is 0 Å². The second-order valence-electron chi connectivity index (χ2n) is 4.16. The number of benzene rings is 1. The Kier molecular flexibility index (Phi) is 5.25. The van der Waals surface area contributed by atoms with Crippen LogP contribution in [0.2, 0.25) is 0 Å². The van der Waals surface area contributed by atoms with E-state index < -0.39 is 0 Å². The minimum atomic E-state index is 0.905. The molecule has 0 aliphatic heterocycles. The molecule has 18 heavy (non-hydrogen) atoms. The summed E-state index contributed by atoms with van der Waals surface area (Å²) in [6, 6.07) is 15.9. The molecule has 0 aliphatic carbocycles. The highest BCUT2D eigenvalue weighted by atomic mass is 16.5. The third kappa shape index (κ3) is 4.58. The number of aryl methyl sites for hydroxylation is 1. The lowest BCUT2D eigenvalue weighted by Gasteiger charge is -2.04. The van der Waals surface area contributed by atoms with Crippen molar-refractivity contribution in [2.45, 2.75) is 25.7 Å². The molecule has 0 bridgehead atoms. The highest BCUT2D eigenvalue weighted by molar-refractivity contribution is 5.21. The van der Waals surface area contributed by atoms with E-state index in [9.17, 15) is 0 Å². The number of aromatic nitrogens is 1. The summed E-state index contributed by atoms with van der Waals surface area (Å²) in [6.07, 6.45) is 6.14. The monoisotopic (exact) mass is 240 g/mol. The topological polar surface area (TPSA) is 22.1 Å². The van der Waals surface area contributed by atoms with Crippen LogP contribution in [0.4, 0.5) is 0 Å². The zero-order chi connectivity index (χ0) is 12.5. The largest absolute Gasteiger partial charge is 0.487 e. The van der Waals surface area contributed by atoms with Crippen molar-refractivity contribution in [1.82, 2.24) is 4.98 Å². The highest BCUT2D eigenvalue weighted by Crippen LogP contribution is 2.12. The van der Waals surface area contributed by atoms with Gasteiger partial charge in [0.05, 0.1) is 0 Å². The van der Waals surface area contributed by atoms with Gasteiger partial charge in [-0.25, -0.2) is 0 Å². The fourth-order valence-corrected chi connectivity index (χ4v) is 1.73. The number of ether oxygens (including phenoxy) is 1. The van der Waals surface area contributed by atoms with Crippen LogP contribution in [-0.4, -0.2) is 4.98 Å². The van der Waals surface area contributed by atoms with Gasteiger partial charge in [0, 0.05) is 11.9 Å². The van der Waals surface area contributed by atoms with Gasteiger partial charge in [-0.2, -0.15) is 0 Å². The lowest BCUT2D eigenvalue weighted by Crippen LogP contribution is -1.92. The lowest BCUT2D eigenvalue weighted by molar-refractivity contribution is 0.384. The van der Waals surface area contributed by atoms with Crippen molar-refractivity contribution in [3.8, 4) is 5.75 Å². The predicted molar refractivity (Wildman–Crippen MR) is 73.2 cm³/mol. The van der Waals surface area contributed by atoms with E-state index in [2.05, 4.69) is 11.1 Å². The van der Waals surface area contributed by atoms with E-state index in [0.29, 0.717) is 0 Å². The van der Waals surface area contributed by atoms with Gasteiger partial charge in [-0.3, -0.25) is 4.98 Å². The first kappa shape index (κ1) is 12.6. The van der Waals surface area contributed by atoms with Crippen molar-refractivity contribution in [3.05, 3.63) is 67.0 Å². The molecule has 0 unspecified atom stereocenters. The maximum atomic E-state index is 5.52. The third-order valence-electron chi connectivity index (χ3n) is 2.69. The van der Waals surface area contributed by atoms with Gasteiger partial charge >= 0.3 is 0 Å². The van der Waals surface area contributed by atoms with Crippen LogP contribution < -0.4 is 4.74 Å². The summed E-state index contributed by atoms with van der Waals surface area (Å²) in [6.45, 7) is 1.88. The molecule has 1 aromatic carbocycles. The van der Waals surface area contributed by atoms with E-state index >= 15 is 0 Å². The summed E-state index contributed by atoms with van der Waals surface area (Å²) >= 11 is 0. The third-order valence-corrected chi connectivity index (χ3v) is 2.69. The summed E-state index contributed by atoms with van der Waals surface area (Å²) in [7, 11) is 0. The van der Waals surface area contributed by atoms with Crippen LogP contribution in [0.15, 0.2) is 54.7 Å². The molecule has 2 aromatic rings. The van der Waals surface area contributed by atoms with Crippen LogP contribution in [0.1, 0.15) is 25.0 Å². The molecular formula is C16H18NO. The molecule has 2 rings (SSSR count). The van der Waals surface area contributed by atoms with Crippen LogP contribution in [0.3, 0.4) is 0 Å². The number of pyridine rings is 1. The average molecular weight is 240 g/mol. The molecule has 1 radical (unpaired) electrons. The Balaban J connectivity index is 1.54. The van der Waals surface area contributed by atoms with E-state index in [0.717, 1.165) is 31.4 Å². The van der Waals surface area contributed by atoms with E-state index in [4.69, 9.17) is 4.74 Å². The number of para-hydroxylation sites is 1. The van der Waals surface area contributed by atoms with Gasteiger partial charge in [0.15, 0.2) is 0 Å². The molecule has 0 saturated carbocycles. The van der Waals surface area contributed by atoms with Crippen molar-refractivity contribution in [2.75, 3.05) is 0 Å². The Hall–Kier alpha value is -1.83. The maximum Gasteiger partial charge on any atom is 0.135 e. The first-order chi connectivity index (χ1) is 8.95. The van der Waals surface area contributed by atoms with Crippen molar-refractivity contribution in [3.63, 3.8) is 0 Å². The highest BCUT2D eigenvalue weighted by Gasteiger charge is 1.95. The standard InChI is InChI=1S/C16H18NO/c1-4-11-16(12-5-1)18-14-8-2-3-9-15-10-6-7-13-17-15/h1,4-7,10-14H,2-3,8-9H2. The summed E-state index contributed by atoms with van der Waals surface area (Å²) in [4.78, 5) is 4.30. The molecule has 0 saturated heterocycles. The van der Waals surface area contributed by atoms with Crippen molar-refractivity contribution >= 4 is 0 Å². The zero-order valence-corrected chi connectivity index (χ0v) is 10.5. The number of hydrogen-bond acceptors (Lipinski definition) is 2. The molecule has 0 spiro atoms. The normalized spacial score (nSPS) is 10.2. The summed E-state index contributed by atoms with van der Waals surface area (Å²) in [5.74, 6) is 0.905. The minimum Gasteiger partial charge on any atom is -0.487 e. The molecule has 1 aromatic heterocycles. The second kappa shape index (κ2) is 7.49. The fraction of sp³-hybridized carbons (Fsp3) is 0.250. The Morgan fingerprint density at radius 3 is 2.56 bits per heavy atom. The molecular weight excluding hydrogens is 222 g/mol. The SMILES string of the molecule is [CH](CCCCc1ccccn1)Oc1ccccc1. The van der Waals surface area contributed by atoms with E-state index in [-0.39, 0.29) is 0 Å². The van der Waals surface area contributed by atoms with Gasteiger partial charge < -0.3 is 4.74 Å². The van der Waals surface area contributed by atoms with Gasteiger partial charge in [-0.1, -0.05) is 24.3 Å². The van der Waals surface area contributed by atoms with Crippen molar-refractivity contribution in [1.29, 1.82) is 0 Å². The summed E-state index contributed by atoms with van der Waals surface area (Å²) < 4.78 is 5.52. The fourth-order valence-electron chi connectivity index (χ4n) is 1.73. The molecule has 2 nitrogen and oxygen atoms in total. The molecule has 0 aliphatic rings. The number of hydrogen-bond donors (Lipinski definition) is 0. The van der Waals surface area contributed by atoms with Gasteiger partial charge in [0.1, 0.15) is 12.4 Å². The quantitative estimate of drug-likeness (QED) is 0.681. The predicted octanol–water partition coefficient (Wildman–Crippen LogP) is 4.04. The maximum absolute atomic E-state index is 5.52. The molecule has 93 valence electrons. The molecule has 0 atom stereocenters. The summed E-state index contributed by atoms with van der Waals surface area (Å²) in [5.41, 5.74) is 1.17. The smallest absolute Gasteiger partial charge is 0.135 e. The van der Waals surface area contributed by atoms with Gasteiger partial charge in [-0.05, 0) is 49.9 Å². The van der Waals surface area contributed by atoms with Crippen LogP contribution in [-0.2, 0) is 6.42 Å². The minimum absolute atomic E-state index is 0.905. The van der Waals surface area contributed by atoms with Gasteiger partial charge in [-0.15, -0.1) is 0 Å². The Bertz CT molecular complexity index is 384. The number of rotatable bonds is 7. The van der Waals surface area contributed by atoms with Crippen LogP contribution in [0, 0.1) is 6.61 Å². The Morgan fingerprint density at radius 2 is 1.78 bits per heavy atom. The summed E-state index contributed by atoms with van der Waals surface area (Å²) in [5, 5.41) is 0. The molecule has 1 heterocycles. The lowest BCUT2D eigenvalue weighted by atomic mass is 10.1. The number of unbranched alkanes of at least 4 members (excludes halogenated alkanes) is 2. The van der Waals surface area contributed by atoms with E-state index in [1.54, 1.807) is 0 Å². The van der Waals surface area contributed by atoms with E-state index in [1.165, 1.54) is 5.69 Å². The number of nitrogens with zero attached hydrogens (tertiary/aromatic N) is 1. The molecule has 2 heteroatoms. The Labute approximate surface area is 109 Å². The van der Waals surface area contributed by atoms with Crippen molar-refractivity contribution in [2.24, 2.45) is 0 Å². The molecule has 0 N–H and O–H groups in total. The van der Waals surface area contributed by atoms with Gasteiger partial charge in [0.25, 0.3) is 0 Å². The van der Waals surface area contributed by atoms with Crippen molar-refractivity contribution < 1.29 is 4.74 Å². The first-order valence-corrected chi connectivity index (χ1v) is 6.38. The Morgan fingerprint density at radius 1 is 0.944 bits per heavy atom. The van der Waals surface area contributed by atoms with E-state index in [1.807, 2.05) is 55.3 Å². The molecule has 0 fully saturated rings.